The molecule has 2 heterocycles. The second kappa shape index (κ2) is 6.96. The molecule has 1 aliphatic rings. The summed E-state index contributed by atoms with van der Waals surface area (Å²) in [5.74, 6) is 0.834. The third-order valence-corrected chi connectivity index (χ3v) is 3.65. The molecule has 0 fully saturated rings. The van der Waals surface area contributed by atoms with E-state index in [1.807, 2.05) is 23.9 Å². The average Bonchev–Trinajstić information content (AvgIpc) is 3.04. The third kappa shape index (κ3) is 3.55. The Hall–Kier alpha value is -3.48. The summed E-state index contributed by atoms with van der Waals surface area (Å²) in [6.45, 7) is 0. The van der Waals surface area contributed by atoms with Crippen LogP contribution in [-0.2, 0) is 7.05 Å². The van der Waals surface area contributed by atoms with Gasteiger partial charge in [0.2, 0.25) is 0 Å². The van der Waals surface area contributed by atoms with E-state index in [1.54, 1.807) is 43.9 Å². The van der Waals surface area contributed by atoms with Crippen LogP contribution >= 0.6 is 0 Å². The largest absolute Gasteiger partial charge is 0.504 e. The summed E-state index contributed by atoms with van der Waals surface area (Å²) in [6.07, 6.45) is 9.98. The van der Waals surface area contributed by atoms with E-state index in [4.69, 9.17) is 10.1 Å². The van der Waals surface area contributed by atoms with Crippen LogP contribution in [0.3, 0.4) is 0 Å². The molecule has 0 amide bonds. The van der Waals surface area contributed by atoms with Gasteiger partial charge in [0.1, 0.15) is 0 Å². The molecule has 1 aromatic carbocycles. The number of aromatic hydroxyl groups is 1. The number of hydrogen-bond acceptors (Lipinski definition) is 6. The van der Waals surface area contributed by atoms with Crippen LogP contribution in [-0.4, -0.2) is 27.9 Å². The Labute approximate surface area is 145 Å². The molecule has 7 heteroatoms. The van der Waals surface area contributed by atoms with Gasteiger partial charge in [-0.2, -0.15) is 0 Å². The van der Waals surface area contributed by atoms with Gasteiger partial charge in [-0.25, -0.2) is 4.98 Å². The van der Waals surface area contributed by atoms with Crippen molar-refractivity contribution >= 4 is 17.5 Å². The van der Waals surface area contributed by atoms with Crippen molar-refractivity contribution in [3.8, 4) is 11.5 Å². The highest BCUT2D eigenvalue weighted by Gasteiger charge is 2.17. The maximum atomic E-state index is 10.1. The number of nitrogens with one attached hydrogen (secondary N) is 3. The summed E-state index contributed by atoms with van der Waals surface area (Å²) >= 11 is 0. The number of benzene rings is 1. The Morgan fingerprint density at radius 1 is 1.40 bits per heavy atom. The van der Waals surface area contributed by atoms with Crippen molar-refractivity contribution in [3.63, 3.8) is 0 Å². The Bertz CT molecular complexity index is 893. The van der Waals surface area contributed by atoms with Crippen LogP contribution in [0.15, 0.2) is 60.5 Å². The molecule has 25 heavy (non-hydrogen) atoms. The highest BCUT2D eigenvalue weighted by molar-refractivity contribution is 5.77. The first-order valence-electron chi connectivity index (χ1n) is 7.67. The number of phenols is 1. The van der Waals surface area contributed by atoms with Crippen molar-refractivity contribution in [3.05, 3.63) is 66.2 Å². The van der Waals surface area contributed by atoms with Gasteiger partial charge < -0.3 is 30.5 Å². The van der Waals surface area contributed by atoms with Crippen LogP contribution in [0, 0.1) is 5.41 Å². The minimum atomic E-state index is 0.0240. The van der Waals surface area contributed by atoms with Crippen LogP contribution < -0.4 is 15.4 Å². The van der Waals surface area contributed by atoms with E-state index in [2.05, 4.69) is 15.6 Å². The molecule has 0 atom stereocenters. The number of dihydropyridines is 1. The SMILES string of the molecule is CNc1ccc(OC2=CC(c3cn(C)cn3)=CN/C2=C\C=N)c(O)c1. The van der Waals surface area contributed by atoms with Gasteiger partial charge >= 0.3 is 0 Å². The Morgan fingerprint density at radius 3 is 2.88 bits per heavy atom. The quantitative estimate of drug-likeness (QED) is 0.629. The van der Waals surface area contributed by atoms with Crippen LogP contribution in [0.25, 0.3) is 5.57 Å². The molecular weight excluding hydrogens is 318 g/mol. The lowest BCUT2D eigenvalue weighted by Gasteiger charge is -2.19. The first-order valence-corrected chi connectivity index (χ1v) is 7.67. The maximum Gasteiger partial charge on any atom is 0.169 e. The maximum absolute atomic E-state index is 10.1. The molecule has 0 saturated heterocycles. The average molecular weight is 337 g/mol. The molecule has 128 valence electrons. The number of allylic oxidation sites excluding steroid dienone is 3. The van der Waals surface area contributed by atoms with Crippen molar-refractivity contribution in [1.82, 2.24) is 14.9 Å². The zero-order chi connectivity index (χ0) is 17.8. The van der Waals surface area contributed by atoms with E-state index in [9.17, 15) is 5.11 Å². The van der Waals surface area contributed by atoms with E-state index < -0.39 is 0 Å². The highest BCUT2D eigenvalue weighted by atomic mass is 16.5. The fraction of sp³-hybridized carbons (Fsp3) is 0.111. The number of imidazole rings is 1. The summed E-state index contributed by atoms with van der Waals surface area (Å²) in [4.78, 5) is 4.32. The summed E-state index contributed by atoms with van der Waals surface area (Å²) < 4.78 is 7.74. The van der Waals surface area contributed by atoms with Crippen LogP contribution in [0.1, 0.15) is 5.69 Å². The first kappa shape index (κ1) is 16.4. The second-order valence-corrected chi connectivity index (χ2v) is 5.46. The van der Waals surface area contributed by atoms with Crippen LogP contribution in [0.2, 0.25) is 0 Å². The van der Waals surface area contributed by atoms with Crippen LogP contribution in [0.5, 0.6) is 11.5 Å². The first-order chi connectivity index (χ1) is 12.1. The Kier molecular flexibility index (Phi) is 4.56. The van der Waals surface area contributed by atoms with Crippen LogP contribution in [0.4, 0.5) is 5.69 Å². The molecule has 2 aromatic rings. The number of nitrogens with zero attached hydrogens (tertiary/aromatic N) is 2. The number of ether oxygens (including phenoxy) is 1. The Balaban J connectivity index is 1.94. The third-order valence-electron chi connectivity index (χ3n) is 3.65. The molecule has 3 rings (SSSR count). The number of phenolic OH excluding ortho intramolecular Hbond substituents is 1. The molecular formula is C18H19N5O2. The van der Waals surface area contributed by atoms with Gasteiger partial charge in [-0.3, -0.25) is 0 Å². The van der Waals surface area contributed by atoms with E-state index in [0.717, 1.165) is 17.0 Å². The summed E-state index contributed by atoms with van der Waals surface area (Å²) in [5, 5.41) is 23.5. The predicted molar refractivity (Wildman–Crippen MR) is 97.6 cm³/mol. The molecule has 1 aromatic heterocycles. The van der Waals surface area contributed by atoms with Gasteiger partial charge in [-0.15, -0.1) is 0 Å². The highest BCUT2D eigenvalue weighted by Crippen LogP contribution is 2.33. The smallest absolute Gasteiger partial charge is 0.169 e. The standard InChI is InChI=1S/C18H19N5O2/c1-20-13-3-4-17(16(24)8-13)25-18-7-12(9-21-14(18)5-6-19)15-10-23(2)11-22-15/h3-11,19-21,24H,1-2H3/b14-5-,19-6?. The fourth-order valence-electron chi connectivity index (χ4n) is 2.37. The Morgan fingerprint density at radius 2 is 2.24 bits per heavy atom. The topological polar surface area (TPSA) is 95.2 Å². The molecule has 0 radical (unpaired) electrons. The van der Waals surface area contributed by atoms with Crippen molar-refractivity contribution < 1.29 is 9.84 Å². The van der Waals surface area contributed by atoms with E-state index in [1.165, 1.54) is 6.21 Å². The summed E-state index contributed by atoms with van der Waals surface area (Å²) in [7, 11) is 3.67. The lowest BCUT2D eigenvalue weighted by molar-refractivity contribution is 0.385. The zero-order valence-electron chi connectivity index (χ0n) is 13.9. The number of hydrogen-bond donors (Lipinski definition) is 4. The monoisotopic (exact) mass is 337 g/mol. The number of aromatic nitrogens is 2. The van der Waals surface area contributed by atoms with Crippen molar-refractivity contribution in [2.45, 2.75) is 0 Å². The molecule has 0 saturated carbocycles. The summed E-state index contributed by atoms with van der Waals surface area (Å²) in [5.41, 5.74) is 3.03. The predicted octanol–water partition coefficient (Wildman–Crippen LogP) is 2.61. The molecule has 1 aliphatic heterocycles. The van der Waals surface area contributed by atoms with Crippen molar-refractivity contribution in [2.75, 3.05) is 12.4 Å². The van der Waals surface area contributed by atoms with E-state index >= 15 is 0 Å². The molecule has 0 spiro atoms. The van der Waals surface area contributed by atoms with Gasteiger partial charge in [0, 0.05) is 50.0 Å². The number of anilines is 1. The van der Waals surface area contributed by atoms with Gasteiger partial charge in [-0.1, -0.05) is 0 Å². The van der Waals surface area contributed by atoms with E-state index in [-0.39, 0.29) is 5.75 Å². The molecule has 7 nitrogen and oxygen atoms in total. The molecule has 0 unspecified atom stereocenters. The minimum absolute atomic E-state index is 0.0240. The number of rotatable bonds is 5. The van der Waals surface area contributed by atoms with Gasteiger partial charge in [0.15, 0.2) is 17.3 Å². The minimum Gasteiger partial charge on any atom is -0.504 e. The fourth-order valence-corrected chi connectivity index (χ4v) is 2.37. The second-order valence-electron chi connectivity index (χ2n) is 5.46. The summed E-state index contributed by atoms with van der Waals surface area (Å²) in [6, 6.07) is 5.08. The molecule has 0 bridgehead atoms. The van der Waals surface area contributed by atoms with Gasteiger partial charge in [0.25, 0.3) is 0 Å². The number of aryl methyl sites for hydroxylation is 1. The zero-order valence-corrected chi connectivity index (χ0v) is 13.9. The van der Waals surface area contributed by atoms with Crippen molar-refractivity contribution in [2.24, 2.45) is 7.05 Å². The van der Waals surface area contributed by atoms with Gasteiger partial charge in [0.05, 0.1) is 17.7 Å². The van der Waals surface area contributed by atoms with Crippen molar-refractivity contribution in [1.29, 1.82) is 5.41 Å². The molecule has 0 aliphatic carbocycles. The normalized spacial score (nSPS) is 15.2. The lowest BCUT2D eigenvalue weighted by atomic mass is 10.1. The van der Waals surface area contributed by atoms with Gasteiger partial charge in [-0.05, 0) is 24.3 Å². The lowest BCUT2D eigenvalue weighted by Crippen LogP contribution is -2.17. The molecule has 4 N–H and O–H groups in total. The van der Waals surface area contributed by atoms with E-state index in [0.29, 0.717) is 17.2 Å².